The van der Waals surface area contributed by atoms with Gasteiger partial charge in [0.25, 0.3) is 5.69 Å². The van der Waals surface area contributed by atoms with E-state index < -0.39 is 16.4 Å². The van der Waals surface area contributed by atoms with E-state index in [1.54, 1.807) is 0 Å². The molecule has 0 amide bonds. The van der Waals surface area contributed by atoms with Gasteiger partial charge in [-0.1, -0.05) is 23.2 Å². The van der Waals surface area contributed by atoms with Crippen LogP contribution in [0.15, 0.2) is 12.1 Å². The molecule has 0 aliphatic heterocycles. The van der Waals surface area contributed by atoms with Crippen LogP contribution < -0.4 is 56.5 Å². The van der Waals surface area contributed by atoms with Gasteiger partial charge >= 0.3 is 51.4 Å². The van der Waals surface area contributed by atoms with Crippen molar-refractivity contribution >= 4 is 28.9 Å². The molecule has 7 heteroatoms. The molecule has 0 atom stereocenters. The van der Waals surface area contributed by atoms with Crippen LogP contribution in [0.2, 0.25) is 10.0 Å². The van der Waals surface area contributed by atoms with E-state index in [9.17, 15) is 15.2 Å². The zero-order valence-electron chi connectivity index (χ0n) is 6.58. The van der Waals surface area contributed by atoms with E-state index in [1.807, 2.05) is 0 Å². The van der Waals surface area contributed by atoms with Gasteiger partial charge in [0.05, 0.1) is 4.92 Å². The fourth-order valence-electron chi connectivity index (χ4n) is 0.682. The first-order valence-electron chi connectivity index (χ1n) is 2.83. The Morgan fingerprint density at radius 2 is 1.85 bits per heavy atom. The fourth-order valence-corrected chi connectivity index (χ4v) is 1.17. The standard InChI is InChI=1S/C6H3Cl2NO3.K/c7-3-1-4(8)6(10)5(2-3)9(11)12;/h1-2,10H;/q;+1/p-1. The third-order valence-electron chi connectivity index (χ3n) is 1.19. The van der Waals surface area contributed by atoms with Gasteiger partial charge in [0, 0.05) is 16.1 Å². The minimum absolute atomic E-state index is 0. The average Bonchev–Trinajstić information content (AvgIpc) is 1.96. The Bertz CT molecular complexity index is 345. The molecule has 64 valence electrons. The first-order chi connectivity index (χ1) is 5.52. The first-order valence-corrected chi connectivity index (χ1v) is 3.58. The molecular weight excluding hydrogens is 244 g/mol. The summed E-state index contributed by atoms with van der Waals surface area (Å²) in [6.45, 7) is 0. The van der Waals surface area contributed by atoms with Crippen LogP contribution in [0.4, 0.5) is 5.69 Å². The van der Waals surface area contributed by atoms with Crippen LogP contribution >= 0.6 is 23.2 Å². The Balaban J connectivity index is 0.00000144. The fraction of sp³-hybridized carbons (Fsp3) is 0. The van der Waals surface area contributed by atoms with E-state index in [4.69, 9.17) is 23.2 Å². The molecule has 0 aliphatic carbocycles. The number of rotatable bonds is 1. The molecular formula is C6H2Cl2KNO3. The maximum atomic E-state index is 10.9. The monoisotopic (exact) mass is 245 g/mol. The van der Waals surface area contributed by atoms with Gasteiger partial charge in [0.15, 0.2) is 0 Å². The molecule has 0 aromatic heterocycles. The molecule has 4 nitrogen and oxygen atoms in total. The Hall–Kier alpha value is 0.636. The number of nitro groups is 1. The molecule has 0 saturated heterocycles. The topological polar surface area (TPSA) is 66.2 Å². The molecule has 0 unspecified atom stereocenters. The Morgan fingerprint density at radius 1 is 1.31 bits per heavy atom. The second-order valence-corrected chi connectivity index (χ2v) is 2.84. The third kappa shape index (κ3) is 3.36. The zero-order chi connectivity index (χ0) is 9.30. The molecule has 0 spiro atoms. The van der Waals surface area contributed by atoms with E-state index in [2.05, 4.69) is 0 Å². The summed E-state index contributed by atoms with van der Waals surface area (Å²) in [7, 11) is 0. The molecule has 0 fully saturated rings. The third-order valence-corrected chi connectivity index (χ3v) is 1.68. The quantitative estimate of drug-likeness (QED) is 0.362. The Kier molecular flexibility index (Phi) is 5.77. The molecule has 13 heavy (non-hydrogen) atoms. The molecule has 0 bridgehead atoms. The van der Waals surface area contributed by atoms with Crippen LogP contribution in [0, 0.1) is 10.1 Å². The number of nitrogens with zero attached hydrogens (tertiary/aromatic N) is 1. The normalized spacial score (nSPS) is 9.08. The molecule has 0 saturated carbocycles. The first kappa shape index (κ1) is 13.6. The minimum Gasteiger partial charge on any atom is -0.867 e. The van der Waals surface area contributed by atoms with Crippen LogP contribution in [0.3, 0.4) is 0 Å². The number of nitro benzene ring substituents is 1. The van der Waals surface area contributed by atoms with Crippen LogP contribution in [0.1, 0.15) is 0 Å². The van der Waals surface area contributed by atoms with Gasteiger partial charge in [0.2, 0.25) is 0 Å². The van der Waals surface area contributed by atoms with Crippen molar-refractivity contribution in [1.82, 2.24) is 0 Å². The molecule has 0 heterocycles. The Morgan fingerprint density at radius 3 is 2.31 bits per heavy atom. The van der Waals surface area contributed by atoms with Gasteiger partial charge in [-0.2, -0.15) is 0 Å². The summed E-state index contributed by atoms with van der Waals surface area (Å²) in [5.41, 5.74) is -0.604. The number of hydrogen-bond donors (Lipinski definition) is 0. The second kappa shape index (κ2) is 5.50. The van der Waals surface area contributed by atoms with Crippen LogP contribution in [0.25, 0.3) is 0 Å². The van der Waals surface area contributed by atoms with Crippen molar-refractivity contribution in [3.05, 3.63) is 32.3 Å². The summed E-state index contributed by atoms with van der Waals surface area (Å²) in [5, 5.41) is 21.0. The molecule has 0 radical (unpaired) electrons. The van der Waals surface area contributed by atoms with Gasteiger partial charge in [-0.05, 0) is 11.8 Å². The molecule has 0 N–H and O–H groups in total. The summed E-state index contributed by atoms with van der Waals surface area (Å²) in [4.78, 5) is 9.40. The van der Waals surface area contributed by atoms with Gasteiger partial charge in [0.1, 0.15) is 0 Å². The largest absolute Gasteiger partial charge is 1.00 e. The van der Waals surface area contributed by atoms with E-state index >= 15 is 0 Å². The number of benzene rings is 1. The van der Waals surface area contributed by atoms with E-state index in [0.29, 0.717) is 0 Å². The van der Waals surface area contributed by atoms with Crippen LogP contribution in [-0.4, -0.2) is 4.92 Å². The molecule has 1 aromatic rings. The van der Waals surface area contributed by atoms with Gasteiger partial charge in [-0.15, -0.1) is 0 Å². The molecule has 1 aromatic carbocycles. The molecule has 1 rings (SSSR count). The van der Waals surface area contributed by atoms with Crippen molar-refractivity contribution in [1.29, 1.82) is 0 Å². The molecule has 0 aliphatic rings. The van der Waals surface area contributed by atoms with E-state index in [-0.39, 0.29) is 61.4 Å². The van der Waals surface area contributed by atoms with Gasteiger partial charge in [-0.3, -0.25) is 10.1 Å². The summed E-state index contributed by atoms with van der Waals surface area (Å²) < 4.78 is 0. The number of halogens is 2. The number of hydrogen-bond acceptors (Lipinski definition) is 3. The van der Waals surface area contributed by atoms with Gasteiger partial charge in [-0.25, -0.2) is 0 Å². The van der Waals surface area contributed by atoms with Gasteiger partial charge < -0.3 is 5.11 Å². The summed E-state index contributed by atoms with van der Waals surface area (Å²) >= 11 is 10.8. The van der Waals surface area contributed by atoms with Crippen LogP contribution in [-0.2, 0) is 0 Å². The maximum absolute atomic E-state index is 10.9. The van der Waals surface area contributed by atoms with E-state index in [1.165, 1.54) is 6.07 Å². The predicted octanol–water partition coefficient (Wildman–Crippen LogP) is -1.02. The summed E-state index contributed by atoms with van der Waals surface area (Å²) in [5.74, 6) is -0.814. The van der Waals surface area contributed by atoms with Crippen LogP contribution in [0.5, 0.6) is 5.75 Å². The van der Waals surface area contributed by atoms with E-state index in [0.717, 1.165) is 6.07 Å². The van der Waals surface area contributed by atoms with Crippen molar-refractivity contribution in [2.75, 3.05) is 0 Å². The minimum atomic E-state index is -0.819. The average molecular weight is 246 g/mol. The predicted molar refractivity (Wildman–Crippen MR) is 42.6 cm³/mol. The van der Waals surface area contributed by atoms with Crippen molar-refractivity contribution in [2.24, 2.45) is 0 Å². The maximum Gasteiger partial charge on any atom is 1.00 e. The van der Waals surface area contributed by atoms with Crippen molar-refractivity contribution in [3.8, 4) is 5.75 Å². The second-order valence-electron chi connectivity index (χ2n) is 1.99. The van der Waals surface area contributed by atoms with Crippen molar-refractivity contribution < 1.29 is 61.4 Å². The van der Waals surface area contributed by atoms with Crippen molar-refractivity contribution in [2.45, 2.75) is 0 Å². The smallest absolute Gasteiger partial charge is 0.867 e. The summed E-state index contributed by atoms with van der Waals surface area (Å²) in [6, 6.07) is 2.13. The SMILES string of the molecule is O=[N+]([O-])c1cc(Cl)cc(Cl)c1[O-].[K+]. The Labute approximate surface area is 126 Å². The zero-order valence-corrected chi connectivity index (χ0v) is 11.2. The van der Waals surface area contributed by atoms with Crippen molar-refractivity contribution in [3.63, 3.8) is 0 Å². The summed E-state index contributed by atoms with van der Waals surface area (Å²) in [6.07, 6.45) is 0.